The van der Waals surface area contributed by atoms with Gasteiger partial charge in [0.05, 0.1) is 4.87 Å². The minimum Gasteiger partial charge on any atom is -0.317 e. The van der Waals surface area contributed by atoms with Gasteiger partial charge in [0.1, 0.15) is 11.6 Å². The largest absolute Gasteiger partial charge is 0.317 e. The van der Waals surface area contributed by atoms with Gasteiger partial charge in [-0.2, -0.15) is 0 Å². The zero-order valence-electron chi connectivity index (χ0n) is 18.4. The molecule has 1 unspecified atom stereocenters. The summed E-state index contributed by atoms with van der Waals surface area (Å²) in [6.45, 7) is 6.15. The van der Waals surface area contributed by atoms with Crippen molar-refractivity contribution in [3.63, 3.8) is 0 Å². The lowest BCUT2D eigenvalue weighted by atomic mass is 9.87. The number of fused-ring (bicyclic) bond motifs is 1. The van der Waals surface area contributed by atoms with E-state index in [0.29, 0.717) is 11.3 Å². The first-order valence-corrected chi connectivity index (χ1v) is 12.2. The minimum atomic E-state index is -0.389. The predicted molar refractivity (Wildman–Crippen MR) is 128 cm³/mol. The molecule has 1 aliphatic carbocycles. The van der Waals surface area contributed by atoms with Crippen molar-refractivity contribution in [2.24, 2.45) is 5.92 Å². The number of allylic oxidation sites excluding steroid dienone is 1. The van der Waals surface area contributed by atoms with Crippen LogP contribution in [-0.2, 0) is 17.0 Å². The Kier molecular flexibility index (Phi) is 9.12. The molecule has 0 radical (unpaired) electrons. The van der Waals surface area contributed by atoms with Crippen molar-refractivity contribution in [3.05, 3.63) is 83.4 Å². The van der Waals surface area contributed by atoms with Gasteiger partial charge in [0.25, 0.3) is 0 Å². The monoisotopic (exact) mass is 444 g/mol. The first kappa shape index (κ1) is 24.0. The van der Waals surface area contributed by atoms with Crippen molar-refractivity contribution in [3.8, 4) is 0 Å². The molecule has 5 heteroatoms. The number of nitrogens with one attached hydrogen (secondary N) is 2. The van der Waals surface area contributed by atoms with E-state index in [2.05, 4.69) is 35.4 Å². The lowest BCUT2D eigenvalue weighted by Crippen LogP contribution is -2.40. The maximum atomic E-state index is 13.8. The van der Waals surface area contributed by atoms with Gasteiger partial charge >= 0.3 is 0 Å². The molecule has 0 saturated carbocycles. The molecule has 2 aromatic carbocycles. The normalized spacial score (nSPS) is 21.0. The number of piperidine rings is 1. The van der Waals surface area contributed by atoms with Crippen LogP contribution in [0.25, 0.3) is 0 Å². The molecule has 0 spiro atoms. The van der Waals surface area contributed by atoms with E-state index < -0.39 is 0 Å². The highest BCUT2D eigenvalue weighted by atomic mass is 32.2. The highest BCUT2D eigenvalue weighted by molar-refractivity contribution is 7.99. The maximum absolute atomic E-state index is 13.8. The van der Waals surface area contributed by atoms with Gasteiger partial charge in [-0.1, -0.05) is 30.3 Å². The Morgan fingerprint density at radius 2 is 1.97 bits per heavy atom. The van der Waals surface area contributed by atoms with Gasteiger partial charge in [0.15, 0.2) is 0 Å². The Labute approximate surface area is 189 Å². The van der Waals surface area contributed by atoms with Crippen LogP contribution in [-0.4, -0.2) is 20.1 Å². The van der Waals surface area contributed by atoms with E-state index in [1.807, 2.05) is 19.2 Å². The Balaban J connectivity index is 0.000000254. The van der Waals surface area contributed by atoms with Crippen LogP contribution < -0.4 is 10.6 Å². The summed E-state index contributed by atoms with van der Waals surface area (Å²) in [5, 5.41) is 6.76. The van der Waals surface area contributed by atoms with Crippen LogP contribution in [0, 0.1) is 17.6 Å². The predicted octanol–water partition coefficient (Wildman–Crippen LogP) is 6.17. The molecule has 0 bridgehead atoms. The van der Waals surface area contributed by atoms with Crippen molar-refractivity contribution >= 4 is 11.8 Å². The van der Waals surface area contributed by atoms with Gasteiger partial charge in [-0.25, -0.2) is 8.78 Å². The maximum Gasteiger partial charge on any atom is 0.127 e. The number of aryl methyl sites for hydroxylation is 1. The molecule has 1 fully saturated rings. The summed E-state index contributed by atoms with van der Waals surface area (Å²) in [6, 6.07) is 12.0. The molecule has 31 heavy (non-hydrogen) atoms. The van der Waals surface area contributed by atoms with Crippen molar-refractivity contribution in [2.45, 2.75) is 49.1 Å². The second kappa shape index (κ2) is 11.8. The van der Waals surface area contributed by atoms with E-state index in [0.717, 1.165) is 31.2 Å². The molecule has 1 atom stereocenters. The Morgan fingerprint density at radius 3 is 2.71 bits per heavy atom. The molecular weight excluding hydrogens is 410 g/mol. The number of halogens is 2. The summed E-state index contributed by atoms with van der Waals surface area (Å²) in [7, 11) is 1.94. The van der Waals surface area contributed by atoms with Crippen molar-refractivity contribution < 1.29 is 8.78 Å². The van der Waals surface area contributed by atoms with E-state index in [-0.39, 0.29) is 16.5 Å². The van der Waals surface area contributed by atoms with Crippen molar-refractivity contribution in [1.82, 2.24) is 10.6 Å². The van der Waals surface area contributed by atoms with Crippen molar-refractivity contribution in [1.29, 1.82) is 0 Å². The molecule has 1 heterocycles. The fourth-order valence-electron chi connectivity index (χ4n) is 4.48. The standard InChI is InChI=1S/C18H19F2NS.C8H15N/c1-21-18(10-4-6-13-5-2-3-7-16(13)18)22-12-14-11-15(19)8-9-17(14)20;1-2-3-8-4-6-9-7-5-8/h2-3,5,7-9,11,21H,4,6,10,12H2,1H3;2,8-9H,1,3-7H2. The average Bonchev–Trinajstić information content (AvgIpc) is 2.81. The third-order valence-electron chi connectivity index (χ3n) is 6.27. The Hall–Kier alpha value is -1.69. The van der Waals surface area contributed by atoms with E-state index in [1.54, 1.807) is 11.8 Å². The van der Waals surface area contributed by atoms with Gasteiger partial charge in [0.2, 0.25) is 0 Å². The molecule has 2 aliphatic rings. The third-order valence-corrected chi connectivity index (χ3v) is 7.85. The van der Waals surface area contributed by atoms with Gasteiger partial charge < -0.3 is 10.6 Å². The smallest absolute Gasteiger partial charge is 0.127 e. The van der Waals surface area contributed by atoms with E-state index in [9.17, 15) is 8.78 Å². The minimum absolute atomic E-state index is 0.229. The second-order valence-electron chi connectivity index (χ2n) is 8.33. The molecule has 2 N–H and O–H groups in total. The summed E-state index contributed by atoms with van der Waals surface area (Å²) in [6.07, 6.45) is 9.09. The van der Waals surface area contributed by atoms with Gasteiger partial charge in [-0.05, 0) is 93.9 Å². The topological polar surface area (TPSA) is 24.1 Å². The fourth-order valence-corrected chi connectivity index (χ4v) is 5.90. The third kappa shape index (κ3) is 6.41. The number of rotatable bonds is 6. The molecule has 4 rings (SSSR count). The van der Waals surface area contributed by atoms with Crippen LogP contribution in [0.1, 0.15) is 48.8 Å². The molecular formula is C26H34F2N2S. The quantitative estimate of drug-likeness (QED) is 0.412. The lowest BCUT2D eigenvalue weighted by molar-refractivity contribution is 0.378. The average molecular weight is 445 g/mol. The van der Waals surface area contributed by atoms with Crippen LogP contribution >= 0.6 is 11.8 Å². The highest BCUT2D eigenvalue weighted by Crippen LogP contribution is 2.44. The number of thioether (sulfide) groups is 1. The zero-order valence-corrected chi connectivity index (χ0v) is 19.2. The Morgan fingerprint density at radius 1 is 1.19 bits per heavy atom. The molecule has 168 valence electrons. The highest BCUT2D eigenvalue weighted by Gasteiger charge is 2.35. The van der Waals surface area contributed by atoms with Crippen molar-refractivity contribution in [2.75, 3.05) is 20.1 Å². The number of hydrogen-bond acceptors (Lipinski definition) is 3. The second-order valence-corrected chi connectivity index (χ2v) is 9.60. The lowest BCUT2D eigenvalue weighted by Gasteiger charge is -2.38. The molecule has 2 aromatic rings. The molecule has 0 amide bonds. The molecule has 0 aromatic heterocycles. The van der Waals surface area contributed by atoms with E-state index in [4.69, 9.17) is 0 Å². The molecule has 2 nitrogen and oxygen atoms in total. The van der Waals surface area contributed by atoms with Crippen LogP contribution in [0.4, 0.5) is 8.78 Å². The first-order valence-electron chi connectivity index (χ1n) is 11.2. The molecule has 1 aliphatic heterocycles. The number of hydrogen-bond donors (Lipinski definition) is 2. The Bertz CT molecular complexity index is 851. The summed E-state index contributed by atoms with van der Waals surface area (Å²) >= 11 is 1.65. The summed E-state index contributed by atoms with van der Waals surface area (Å²) in [5.41, 5.74) is 3.03. The zero-order chi connectivity index (χ0) is 22.1. The summed E-state index contributed by atoms with van der Waals surface area (Å²) in [5.74, 6) is 0.631. The van der Waals surface area contributed by atoms with Crippen LogP contribution in [0.15, 0.2) is 55.1 Å². The van der Waals surface area contributed by atoms with E-state index >= 15 is 0 Å². The molecule has 1 saturated heterocycles. The summed E-state index contributed by atoms with van der Waals surface area (Å²) in [4.78, 5) is -0.229. The first-order chi connectivity index (χ1) is 15.1. The van der Waals surface area contributed by atoms with Gasteiger partial charge in [-0.15, -0.1) is 18.3 Å². The van der Waals surface area contributed by atoms with Crippen LogP contribution in [0.2, 0.25) is 0 Å². The summed E-state index contributed by atoms with van der Waals surface area (Å²) < 4.78 is 27.2. The van der Waals surface area contributed by atoms with Crippen LogP contribution in [0.3, 0.4) is 0 Å². The fraction of sp³-hybridized carbons (Fsp3) is 0.462. The van der Waals surface area contributed by atoms with Crippen LogP contribution in [0.5, 0.6) is 0 Å². The van der Waals surface area contributed by atoms with E-state index in [1.165, 1.54) is 55.6 Å². The number of benzene rings is 2. The SMILES string of the molecule is C=CCC1CCNCC1.CNC1(SCc2cc(F)ccc2F)CCCc2ccccc21. The van der Waals surface area contributed by atoms with Gasteiger partial charge in [0, 0.05) is 11.3 Å². The van der Waals surface area contributed by atoms with Gasteiger partial charge in [-0.3, -0.25) is 0 Å².